The lowest BCUT2D eigenvalue weighted by Gasteiger charge is -2.16. The molecule has 4 rings (SSSR count). The van der Waals surface area contributed by atoms with Crippen LogP contribution in [0.2, 0.25) is 0 Å². The fourth-order valence-corrected chi connectivity index (χ4v) is 4.38. The summed E-state index contributed by atoms with van der Waals surface area (Å²) < 4.78 is 1.69. The zero-order chi connectivity index (χ0) is 13.7. The van der Waals surface area contributed by atoms with E-state index in [9.17, 15) is 4.79 Å². The highest BCUT2D eigenvalue weighted by molar-refractivity contribution is 7.15. The molecule has 0 saturated carbocycles. The number of fused-ring (bicyclic) bond motifs is 2. The number of nitrogens with one attached hydrogen (secondary N) is 1. The van der Waals surface area contributed by atoms with Crippen molar-refractivity contribution >= 4 is 16.3 Å². The van der Waals surface area contributed by atoms with E-state index in [-0.39, 0.29) is 5.56 Å². The van der Waals surface area contributed by atoms with Gasteiger partial charge in [-0.25, -0.2) is 4.98 Å². The van der Waals surface area contributed by atoms with Crippen LogP contribution in [0.3, 0.4) is 0 Å². The summed E-state index contributed by atoms with van der Waals surface area (Å²) in [5.74, 6) is 1.56. The highest BCUT2D eigenvalue weighted by atomic mass is 32.1. The van der Waals surface area contributed by atoms with E-state index in [1.807, 2.05) is 12.3 Å². The molecule has 2 atom stereocenters. The minimum Gasteiger partial charge on any atom is -0.316 e. The van der Waals surface area contributed by atoms with Gasteiger partial charge in [-0.15, -0.1) is 11.3 Å². The van der Waals surface area contributed by atoms with Crippen LogP contribution in [0, 0.1) is 18.8 Å². The molecule has 2 aliphatic heterocycles. The molecule has 2 fully saturated rings. The van der Waals surface area contributed by atoms with Crippen molar-refractivity contribution in [1.82, 2.24) is 19.6 Å². The van der Waals surface area contributed by atoms with Gasteiger partial charge >= 0.3 is 0 Å². The minimum absolute atomic E-state index is 0.0461. The Kier molecular flexibility index (Phi) is 2.90. The van der Waals surface area contributed by atoms with Gasteiger partial charge < -0.3 is 5.32 Å². The van der Waals surface area contributed by atoms with E-state index < -0.39 is 0 Å². The summed E-state index contributed by atoms with van der Waals surface area (Å²) in [6, 6.07) is 1.69. The third kappa shape index (κ3) is 1.99. The lowest BCUT2D eigenvalue weighted by atomic mass is 10.0. The van der Waals surface area contributed by atoms with Gasteiger partial charge in [0.2, 0.25) is 0 Å². The molecular formula is C14H18N4OS. The number of nitrogens with zero attached hydrogens (tertiary/aromatic N) is 3. The second-order valence-corrected chi connectivity index (χ2v) is 6.79. The van der Waals surface area contributed by atoms with Gasteiger partial charge in [0.25, 0.3) is 5.56 Å². The number of rotatable bonds is 2. The maximum absolute atomic E-state index is 12.2. The van der Waals surface area contributed by atoms with Gasteiger partial charge in [0.05, 0.1) is 5.69 Å². The Hall–Kier alpha value is -1.24. The maximum Gasteiger partial charge on any atom is 0.259 e. The van der Waals surface area contributed by atoms with E-state index in [1.165, 1.54) is 0 Å². The van der Waals surface area contributed by atoms with Gasteiger partial charge in [-0.2, -0.15) is 0 Å². The topological polar surface area (TPSA) is 49.6 Å². The highest BCUT2D eigenvalue weighted by Crippen LogP contribution is 2.27. The smallest absolute Gasteiger partial charge is 0.259 e. The average molecular weight is 290 g/mol. The van der Waals surface area contributed by atoms with Crippen LogP contribution in [-0.2, 0) is 6.54 Å². The van der Waals surface area contributed by atoms with E-state index in [1.54, 1.807) is 21.8 Å². The van der Waals surface area contributed by atoms with Crippen LogP contribution >= 0.6 is 11.3 Å². The molecule has 6 heteroatoms. The van der Waals surface area contributed by atoms with Crippen molar-refractivity contribution in [2.45, 2.75) is 13.5 Å². The standard InChI is InChI=1S/C14H18N4OS/c1-9-8-20-14-16-12(2-13(19)18(9)14)7-17-5-10-3-15-4-11(10)6-17/h2,8,10-11,15H,3-7H2,1H3. The third-order valence-electron chi connectivity index (χ3n) is 4.48. The Morgan fingerprint density at radius 2 is 2.15 bits per heavy atom. The summed E-state index contributed by atoms with van der Waals surface area (Å²) >= 11 is 1.54. The highest BCUT2D eigenvalue weighted by Gasteiger charge is 2.35. The molecule has 106 valence electrons. The first kappa shape index (κ1) is 12.5. The van der Waals surface area contributed by atoms with E-state index >= 15 is 0 Å². The third-order valence-corrected chi connectivity index (χ3v) is 5.42. The van der Waals surface area contributed by atoms with Crippen molar-refractivity contribution in [2.75, 3.05) is 26.2 Å². The fraction of sp³-hybridized carbons (Fsp3) is 0.571. The SMILES string of the molecule is Cc1csc2nc(CN3CC4CNCC4C3)cc(=O)n12. The Labute approximate surface area is 121 Å². The first-order valence-electron chi connectivity index (χ1n) is 7.10. The van der Waals surface area contributed by atoms with E-state index in [0.717, 1.165) is 60.9 Å². The number of thiazole rings is 1. The van der Waals surface area contributed by atoms with Gasteiger partial charge in [-0.05, 0) is 31.8 Å². The summed E-state index contributed by atoms with van der Waals surface area (Å²) in [7, 11) is 0. The lowest BCUT2D eigenvalue weighted by molar-refractivity contribution is 0.302. The quantitative estimate of drug-likeness (QED) is 0.885. The second kappa shape index (κ2) is 4.65. The van der Waals surface area contributed by atoms with Crippen molar-refractivity contribution < 1.29 is 0 Å². The average Bonchev–Trinajstić information content (AvgIpc) is 3.04. The monoisotopic (exact) mass is 290 g/mol. The summed E-state index contributed by atoms with van der Waals surface area (Å²) in [6.45, 7) is 7.28. The first-order valence-corrected chi connectivity index (χ1v) is 7.98. The second-order valence-electron chi connectivity index (χ2n) is 5.95. The number of hydrogen-bond acceptors (Lipinski definition) is 5. The van der Waals surface area contributed by atoms with Crippen LogP contribution in [0.1, 0.15) is 11.4 Å². The largest absolute Gasteiger partial charge is 0.316 e. The summed E-state index contributed by atoms with van der Waals surface area (Å²) in [4.78, 5) is 20.0. The van der Waals surface area contributed by atoms with Crippen LogP contribution in [0.5, 0.6) is 0 Å². The first-order chi connectivity index (χ1) is 9.70. The molecule has 0 bridgehead atoms. The molecule has 1 N–H and O–H groups in total. The van der Waals surface area contributed by atoms with Gasteiger partial charge in [0, 0.05) is 36.8 Å². The Morgan fingerprint density at radius 3 is 2.90 bits per heavy atom. The Bertz CT molecular complexity index is 695. The minimum atomic E-state index is 0.0461. The zero-order valence-corrected chi connectivity index (χ0v) is 12.3. The van der Waals surface area contributed by atoms with Crippen molar-refractivity contribution in [1.29, 1.82) is 0 Å². The van der Waals surface area contributed by atoms with Crippen molar-refractivity contribution in [3.8, 4) is 0 Å². The van der Waals surface area contributed by atoms with Crippen LogP contribution in [-0.4, -0.2) is 40.5 Å². The number of aromatic nitrogens is 2. The molecule has 0 aromatic carbocycles. The molecule has 2 aromatic heterocycles. The number of likely N-dealkylation sites (tertiary alicyclic amines) is 1. The van der Waals surface area contributed by atoms with Gasteiger partial charge in [0.15, 0.2) is 4.96 Å². The van der Waals surface area contributed by atoms with Gasteiger partial charge in [-0.1, -0.05) is 0 Å². The molecule has 0 radical (unpaired) electrons. The maximum atomic E-state index is 12.2. The van der Waals surface area contributed by atoms with Crippen LogP contribution in [0.4, 0.5) is 0 Å². The molecule has 5 nitrogen and oxygen atoms in total. The van der Waals surface area contributed by atoms with E-state index in [4.69, 9.17) is 0 Å². The van der Waals surface area contributed by atoms with Crippen molar-refractivity contribution in [2.24, 2.45) is 11.8 Å². The Balaban J connectivity index is 1.59. The summed E-state index contributed by atoms with van der Waals surface area (Å²) in [5.41, 5.74) is 1.92. The zero-order valence-electron chi connectivity index (χ0n) is 11.5. The molecular weight excluding hydrogens is 272 g/mol. The van der Waals surface area contributed by atoms with Crippen LogP contribution in [0.25, 0.3) is 4.96 Å². The predicted octanol–water partition coefficient (Wildman–Crippen LogP) is 0.716. The summed E-state index contributed by atoms with van der Waals surface area (Å²) in [5, 5.41) is 5.44. The van der Waals surface area contributed by atoms with Crippen LogP contribution in [0.15, 0.2) is 16.2 Å². The molecule has 2 unspecified atom stereocenters. The molecule has 0 amide bonds. The fourth-order valence-electron chi connectivity index (χ4n) is 3.49. The van der Waals surface area contributed by atoms with Gasteiger partial charge in [0.1, 0.15) is 0 Å². The van der Waals surface area contributed by atoms with Crippen LogP contribution < -0.4 is 10.9 Å². The molecule has 2 aliphatic rings. The molecule has 0 spiro atoms. The normalized spacial score (nSPS) is 26.4. The lowest BCUT2D eigenvalue weighted by Crippen LogP contribution is -2.27. The van der Waals surface area contributed by atoms with Crippen molar-refractivity contribution in [3.63, 3.8) is 0 Å². The van der Waals surface area contributed by atoms with E-state index in [2.05, 4.69) is 15.2 Å². The van der Waals surface area contributed by atoms with E-state index in [0.29, 0.717) is 0 Å². The molecule has 2 saturated heterocycles. The molecule has 4 heterocycles. The van der Waals surface area contributed by atoms with Crippen molar-refractivity contribution in [3.05, 3.63) is 33.2 Å². The molecule has 2 aromatic rings. The van der Waals surface area contributed by atoms with Gasteiger partial charge in [-0.3, -0.25) is 14.1 Å². The Morgan fingerprint density at radius 1 is 1.40 bits per heavy atom. The predicted molar refractivity (Wildman–Crippen MR) is 79.2 cm³/mol. The number of aryl methyl sites for hydroxylation is 1. The molecule has 0 aliphatic carbocycles. The number of hydrogen-bond donors (Lipinski definition) is 1. The summed E-state index contributed by atoms with van der Waals surface area (Å²) in [6.07, 6.45) is 0. The molecule has 20 heavy (non-hydrogen) atoms.